The molecule has 0 saturated carbocycles. The van der Waals surface area contributed by atoms with Gasteiger partial charge in [0, 0.05) is 43.1 Å². The summed E-state index contributed by atoms with van der Waals surface area (Å²) in [5, 5.41) is 9.00. The molecule has 0 aliphatic carbocycles. The van der Waals surface area contributed by atoms with Gasteiger partial charge in [-0.15, -0.1) is 0 Å². The first-order valence-corrected chi connectivity index (χ1v) is 6.49. The van der Waals surface area contributed by atoms with E-state index in [4.69, 9.17) is 0 Å². The number of hydrogen-bond acceptors (Lipinski definition) is 2. The molecule has 0 bridgehead atoms. The highest BCUT2D eigenvalue weighted by Crippen LogP contribution is 2.16. The standard InChI is InChI=1S/C15H18N4/c1-11-14(10-18-19(11)2)9-16-8-13-5-3-4-12-6-7-17-15(12)13/h3-7,10,16-17H,8-9H2,1-2H3. The Labute approximate surface area is 112 Å². The third kappa shape index (κ3) is 2.27. The molecule has 0 radical (unpaired) electrons. The maximum Gasteiger partial charge on any atom is 0.0537 e. The monoisotopic (exact) mass is 254 g/mol. The highest BCUT2D eigenvalue weighted by atomic mass is 15.3. The molecule has 0 aliphatic heterocycles. The van der Waals surface area contributed by atoms with Crippen LogP contribution in [0.2, 0.25) is 0 Å². The number of aromatic nitrogens is 3. The summed E-state index contributed by atoms with van der Waals surface area (Å²) in [6, 6.07) is 8.48. The summed E-state index contributed by atoms with van der Waals surface area (Å²) in [5.74, 6) is 0. The third-order valence-electron chi connectivity index (χ3n) is 3.64. The van der Waals surface area contributed by atoms with Gasteiger partial charge in [0.15, 0.2) is 0 Å². The van der Waals surface area contributed by atoms with E-state index in [1.165, 1.54) is 27.7 Å². The summed E-state index contributed by atoms with van der Waals surface area (Å²) in [5.41, 5.74) is 4.98. The second-order valence-corrected chi connectivity index (χ2v) is 4.84. The lowest BCUT2D eigenvalue weighted by molar-refractivity contribution is 0.687. The van der Waals surface area contributed by atoms with E-state index in [0.717, 1.165) is 13.1 Å². The number of aromatic amines is 1. The molecule has 2 heterocycles. The first-order chi connectivity index (χ1) is 9.25. The highest BCUT2D eigenvalue weighted by Gasteiger charge is 2.04. The molecule has 0 aliphatic rings. The van der Waals surface area contributed by atoms with Gasteiger partial charge in [0.1, 0.15) is 0 Å². The van der Waals surface area contributed by atoms with Gasteiger partial charge in [-0.05, 0) is 23.9 Å². The lowest BCUT2D eigenvalue weighted by Gasteiger charge is -2.06. The molecule has 3 rings (SSSR count). The van der Waals surface area contributed by atoms with Crippen molar-refractivity contribution >= 4 is 10.9 Å². The van der Waals surface area contributed by atoms with Crippen molar-refractivity contribution in [1.29, 1.82) is 0 Å². The van der Waals surface area contributed by atoms with E-state index in [9.17, 15) is 0 Å². The van der Waals surface area contributed by atoms with E-state index in [2.05, 4.69) is 46.6 Å². The molecular weight excluding hydrogens is 236 g/mol. The van der Waals surface area contributed by atoms with Crippen LogP contribution in [0.5, 0.6) is 0 Å². The summed E-state index contributed by atoms with van der Waals surface area (Å²) < 4.78 is 1.91. The summed E-state index contributed by atoms with van der Waals surface area (Å²) in [4.78, 5) is 3.30. The van der Waals surface area contributed by atoms with Crippen LogP contribution >= 0.6 is 0 Å². The van der Waals surface area contributed by atoms with Crippen LogP contribution in [0.25, 0.3) is 10.9 Å². The summed E-state index contributed by atoms with van der Waals surface area (Å²) in [6.45, 7) is 3.79. The average Bonchev–Trinajstić information content (AvgIpc) is 3.00. The first kappa shape index (κ1) is 12.0. The summed E-state index contributed by atoms with van der Waals surface area (Å²) in [6.07, 6.45) is 3.91. The number of nitrogens with zero attached hydrogens (tertiary/aromatic N) is 2. The van der Waals surface area contributed by atoms with E-state index < -0.39 is 0 Å². The zero-order chi connectivity index (χ0) is 13.2. The quantitative estimate of drug-likeness (QED) is 0.751. The maximum absolute atomic E-state index is 4.25. The van der Waals surface area contributed by atoms with Crippen LogP contribution in [0.4, 0.5) is 0 Å². The Morgan fingerprint density at radius 2 is 2.05 bits per heavy atom. The Balaban J connectivity index is 1.70. The van der Waals surface area contributed by atoms with Crippen LogP contribution in [0.1, 0.15) is 16.8 Å². The fraction of sp³-hybridized carbons (Fsp3) is 0.267. The van der Waals surface area contributed by atoms with Crippen molar-refractivity contribution in [3.05, 3.63) is 53.5 Å². The predicted molar refractivity (Wildman–Crippen MR) is 76.8 cm³/mol. The first-order valence-electron chi connectivity index (χ1n) is 6.49. The van der Waals surface area contributed by atoms with Crippen molar-refractivity contribution in [2.75, 3.05) is 0 Å². The van der Waals surface area contributed by atoms with E-state index in [1.807, 2.05) is 24.1 Å². The van der Waals surface area contributed by atoms with Gasteiger partial charge >= 0.3 is 0 Å². The van der Waals surface area contributed by atoms with Gasteiger partial charge in [0.05, 0.1) is 6.20 Å². The molecule has 0 spiro atoms. The minimum atomic E-state index is 0.844. The normalized spacial score (nSPS) is 11.3. The Morgan fingerprint density at radius 3 is 2.84 bits per heavy atom. The van der Waals surface area contributed by atoms with Gasteiger partial charge in [0.2, 0.25) is 0 Å². The largest absolute Gasteiger partial charge is 0.361 e. The van der Waals surface area contributed by atoms with Crippen LogP contribution in [-0.4, -0.2) is 14.8 Å². The second-order valence-electron chi connectivity index (χ2n) is 4.84. The Bertz CT molecular complexity index is 693. The number of para-hydroxylation sites is 1. The molecule has 0 unspecified atom stereocenters. The number of fused-ring (bicyclic) bond motifs is 1. The van der Waals surface area contributed by atoms with Gasteiger partial charge in [-0.3, -0.25) is 4.68 Å². The molecule has 1 aromatic carbocycles. The number of benzene rings is 1. The fourth-order valence-corrected chi connectivity index (χ4v) is 2.35. The van der Waals surface area contributed by atoms with Crippen LogP contribution in [0, 0.1) is 6.92 Å². The van der Waals surface area contributed by atoms with Gasteiger partial charge in [-0.2, -0.15) is 5.10 Å². The zero-order valence-electron chi connectivity index (χ0n) is 11.3. The molecule has 0 amide bonds. The van der Waals surface area contributed by atoms with Crippen LogP contribution in [0.15, 0.2) is 36.7 Å². The van der Waals surface area contributed by atoms with E-state index in [-0.39, 0.29) is 0 Å². The molecule has 3 aromatic rings. The minimum Gasteiger partial charge on any atom is -0.361 e. The zero-order valence-corrected chi connectivity index (χ0v) is 11.3. The van der Waals surface area contributed by atoms with Gasteiger partial charge in [0.25, 0.3) is 0 Å². The molecule has 0 fully saturated rings. The number of hydrogen-bond donors (Lipinski definition) is 2. The van der Waals surface area contributed by atoms with Crippen molar-refractivity contribution in [2.24, 2.45) is 7.05 Å². The Kier molecular flexibility index (Phi) is 3.09. The van der Waals surface area contributed by atoms with Crippen LogP contribution in [0.3, 0.4) is 0 Å². The number of rotatable bonds is 4. The maximum atomic E-state index is 4.25. The topological polar surface area (TPSA) is 45.6 Å². The number of aryl methyl sites for hydroxylation is 1. The Hall–Kier alpha value is -2.07. The molecule has 0 saturated heterocycles. The van der Waals surface area contributed by atoms with Gasteiger partial charge in [-0.25, -0.2) is 0 Å². The molecule has 98 valence electrons. The van der Waals surface area contributed by atoms with Crippen LogP contribution in [-0.2, 0) is 20.1 Å². The molecule has 2 N–H and O–H groups in total. The minimum absolute atomic E-state index is 0.844. The molecule has 4 heteroatoms. The van der Waals surface area contributed by atoms with Gasteiger partial charge < -0.3 is 10.3 Å². The second kappa shape index (κ2) is 4.90. The molecule has 0 atom stereocenters. The van der Waals surface area contributed by atoms with Crippen molar-refractivity contribution in [1.82, 2.24) is 20.1 Å². The van der Waals surface area contributed by atoms with E-state index in [0.29, 0.717) is 0 Å². The van der Waals surface area contributed by atoms with Crippen LogP contribution < -0.4 is 5.32 Å². The van der Waals surface area contributed by atoms with Crippen molar-refractivity contribution in [3.63, 3.8) is 0 Å². The predicted octanol–water partition coefficient (Wildman–Crippen LogP) is 2.50. The molecule has 4 nitrogen and oxygen atoms in total. The van der Waals surface area contributed by atoms with Crippen molar-refractivity contribution in [2.45, 2.75) is 20.0 Å². The van der Waals surface area contributed by atoms with E-state index in [1.54, 1.807) is 0 Å². The summed E-state index contributed by atoms with van der Waals surface area (Å²) >= 11 is 0. The number of nitrogens with one attached hydrogen (secondary N) is 2. The SMILES string of the molecule is Cc1c(CNCc2cccc3cc[nH]c23)cnn1C. The number of H-pyrrole nitrogens is 1. The van der Waals surface area contributed by atoms with Crippen molar-refractivity contribution in [3.8, 4) is 0 Å². The summed E-state index contributed by atoms with van der Waals surface area (Å²) in [7, 11) is 1.97. The average molecular weight is 254 g/mol. The highest BCUT2D eigenvalue weighted by molar-refractivity contribution is 5.82. The molecular formula is C15H18N4. The van der Waals surface area contributed by atoms with Gasteiger partial charge in [-0.1, -0.05) is 18.2 Å². The lowest BCUT2D eigenvalue weighted by Crippen LogP contribution is -2.13. The van der Waals surface area contributed by atoms with Crippen molar-refractivity contribution < 1.29 is 0 Å². The Morgan fingerprint density at radius 1 is 1.21 bits per heavy atom. The third-order valence-corrected chi connectivity index (χ3v) is 3.64. The fourth-order valence-electron chi connectivity index (χ4n) is 2.35. The molecule has 2 aromatic heterocycles. The van der Waals surface area contributed by atoms with E-state index >= 15 is 0 Å². The smallest absolute Gasteiger partial charge is 0.0537 e. The molecule has 19 heavy (non-hydrogen) atoms. The lowest BCUT2D eigenvalue weighted by atomic mass is 10.1.